The van der Waals surface area contributed by atoms with Gasteiger partial charge >= 0.3 is 5.97 Å². The van der Waals surface area contributed by atoms with Gasteiger partial charge in [-0.1, -0.05) is 35.3 Å². The number of carbonyl (C=O) groups excluding carboxylic acids is 1. The second-order valence-electron chi connectivity index (χ2n) is 4.74. The summed E-state index contributed by atoms with van der Waals surface area (Å²) < 4.78 is 0. The number of carboxylic acid groups (broad SMARTS) is 1. The van der Waals surface area contributed by atoms with Crippen molar-refractivity contribution in [1.29, 1.82) is 0 Å². The van der Waals surface area contributed by atoms with Crippen LogP contribution in [-0.2, 0) is 16.0 Å². The standard InChI is InChI=1S/C14H18Cl2N2O3/c1-9(14(20)21)18(2)8-12(19)17-7-6-10-4-3-5-11(15)13(10)16/h3-5,9H,6-8H2,1-2H3,(H,17,19)(H,20,21). The maximum Gasteiger partial charge on any atom is 0.320 e. The van der Waals surface area contributed by atoms with Crippen molar-refractivity contribution in [3.63, 3.8) is 0 Å². The molecule has 1 amide bonds. The molecule has 0 saturated carbocycles. The van der Waals surface area contributed by atoms with E-state index in [-0.39, 0.29) is 12.5 Å². The minimum absolute atomic E-state index is 0.0245. The summed E-state index contributed by atoms with van der Waals surface area (Å²) in [5, 5.41) is 12.5. The van der Waals surface area contributed by atoms with Gasteiger partial charge in [-0.05, 0) is 32.0 Å². The zero-order valence-corrected chi connectivity index (χ0v) is 13.4. The molecule has 116 valence electrons. The third-order valence-corrected chi connectivity index (χ3v) is 4.02. The number of halogens is 2. The minimum atomic E-state index is -0.962. The highest BCUT2D eigenvalue weighted by atomic mass is 35.5. The van der Waals surface area contributed by atoms with Crippen molar-refractivity contribution in [2.45, 2.75) is 19.4 Å². The van der Waals surface area contributed by atoms with E-state index < -0.39 is 12.0 Å². The van der Waals surface area contributed by atoms with Crippen molar-refractivity contribution in [3.8, 4) is 0 Å². The number of benzene rings is 1. The second-order valence-corrected chi connectivity index (χ2v) is 5.53. The van der Waals surface area contributed by atoms with E-state index in [9.17, 15) is 9.59 Å². The Bertz CT molecular complexity index is 523. The van der Waals surface area contributed by atoms with Crippen LogP contribution in [0.2, 0.25) is 10.0 Å². The summed E-state index contributed by atoms with van der Waals surface area (Å²) in [6, 6.07) is 4.64. The lowest BCUT2D eigenvalue weighted by molar-refractivity contribution is -0.142. The maximum absolute atomic E-state index is 11.7. The highest BCUT2D eigenvalue weighted by molar-refractivity contribution is 6.42. The summed E-state index contributed by atoms with van der Waals surface area (Å²) in [5.74, 6) is -1.19. The summed E-state index contributed by atoms with van der Waals surface area (Å²) in [6.45, 7) is 1.96. The van der Waals surface area contributed by atoms with E-state index in [0.717, 1.165) is 5.56 Å². The van der Waals surface area contributed by atoms with Crippen LogP contribution in [0.15, 0.2) is 18.2 Å². The molecule has 0 aromatic heterocycles. The van der Waals surface area contributed by atoms with Crippen LogP contribution in [-0.4, -0.2) is 48.1 Å². The Balaban J connectivity index is 2.40. The lowest BCUT2D eigenvalue weighted by atomic mass is 10.1. The number of likely N-dealkylation sites (N-methyl/N-ethyl adjacent to an activating group) is 1. The SMILES string of the molecule is CC(C(=O)O)N(C)CC(=O)NCCc1cccc(Cl)c1Cl. The smallest absolute Gasteiger partial charge is 0.320 e. The average molecular weight is 333 g/mol. The van der Waals surface area contributed by atoms with Crippen LogP contribution >= 0.6 is 23.2 Å². The van der Waals surface area contributed by atoms with Gasteiger partial charge in [0.25, 0.3) is 0 Å². The van der Waals surface area contributed by atoms with Gasteiger partial charge in [0.05, 0.1) is 16.6 Å². The van der Waals surface area contributed by atoms with Gasteiger partial charge in [0.15, 0.2) is 0 Å². The molecule has 0 spiro atoms. The zero-order valence-electron chi connectivity index (χ0n) is 11.9. The quantitative estimate of drug-likeness (QED) is 0.801. The van der Waals surface area contributed by atoms with E-state index in [1.54, 1.807) is 19.2 Å². The van der Waals surface area contributed by atoms with Gasteiger partial charge in [-0.15, -0.1) is 0 Å². The first kappa shape index (κ1) is 17.8. The fourth-order valence-corrected chi connectivity index (χ4v) is 2.10. The van der Waals surface area contributed by atoms with Gasteiger partial charge in [0.2, 0.25) is 5.91 Å². The summed E-state index contributed by atoms with van der Waals surface area (Å²) in [7, 11) is 1.59. The molecule has 21 heavy (non-hydrogen) atoms. The first-order chi connectivity index (χ1) is 9.82. The topological polar surface area (TPSA) is 69.6 Å². The number of nitrogens with one attached hydrogen (secondary N) is 1. The first-order valence-electron chi connectivity index (χ1n) is 6.45. The zero-order chi connectivity index (χ0) is 16.0. The predicted molar refractivity (Wildman–Crippen MR) is 82.9 cm³/mol. The van der Waals surface area contributed by atoms with Gasteiger partial charge in [-0.25, -0.2) is 0 Å². The van der Waals surface area contributed by atoms with Crippen molar-refractivity contribution < 1.29 is 14.7 Å². The van der Waals surface area contributed by atoms with E-state index >= 15 is 0 Å². The molecule has 7 heteroatoms. The molecular formula is C14H18Cl2N2O3. The number of hydrogen-bond acceptors (Lipinski definition) is 3. The fourth-order valence-electron chi connectivity index (χ4n) is 1.69. The van der Waals surface area contributed by atoms with E-state index in [2.05, 4.69) is 5.32 Å². The molecule has 0 aliphatic heterocycles. The highest BCUT2D eigenvalue weighted by Crippen LogP contribution is 2.25. The van der Waals surface area contributed by atoms with Gasteiger partial charge in [0, 0.05) is 6.54 Å². The molecule has 1 unspecified atom stereocenters. The van der Waals surface area contributed by atoms with Crippen LogP contribution in [0.4, 0.5) is 0 Å². The molecule has 0 heterocycles. The third-order valence-electron chi connectivity index (χ3n) is 3.16. The summed E-state index contributed by atoms with van der Waals surface area (Å²) >= 11 is 12.0. The van der Waals surface area contributed by atoms with Crippen molar-refractivity contribution in [1.82, 2.24) is 10.2 Å². The van der Waals surface area contributed by atoms with Crippen molar-refractivity contribution in [2.75, 3.05) is 20.1 Å². The van der Waals surface area contributed by atoms with E-state index in [0.29, 0.717) is 23.0 Å². The Morgan fingerprint density at radius 2 is 2.05 bits per heavy atom. The van der Waals surface area contributed by atoms with Crippen LogP contribution in [0.1, 0.15) is 12.5 Å². The molecule has 0 aliphatic carbocycles. The number of hydrogen-bond donors (Lipinski definition) is 2. The number of carbonyl (C=O) groups is 2. The average Bonchev–Trinajstić information content (AvgIpc) is 2.42. The van der Waals surface area contributed by atoms with Crippen LogP contribution in [0.5, 0.6) is 0 Å². The summed E-state index contributed by atoms with van der Waals surface area (Å²) in [6.07, 6.45) is 0.559. The fraction of sp³-hybridized carbons (Fsp3) is 0.429. The molecule has 0 radical (unpaired) electrons. The molecule has 0 saturated heterocycles. The van der Waals surface area contributed by atoms with Gasteiger partial charge in [0.1, 0.15) is 6.04 Å². The molecule has 2 N–H and O–H groups in total. The molecule has 1 rings (SSSR count). The van der Waals surface area contributed by atoms with Crippen LogP contribution < -0.4 is 5.32 Å². The minimum Gasteiger partial charge on any atom is -0.480 e. The molecule has 1 atom stereocenters. The van der Waals surface area contributed by atoms with E-state index in [1.807, 2.05) is 6.07 Å². The third kappa shape index (κ3) is 5.53. The van der Waals surface area contributed by atoms with Crippen LogP contribution in [0.25, 0.3) is 0 Å². The second kappa shape index (κ2) is 8.22. The Labute approximate surface area is 133 Å². The van der Waals surface area contributed by atoms with Crippen LogP contribution in [0, 0.1) is 0 Å². The lowest BCUT2D eigenvalue weighted by Gasteiger charge is -2.20. The molecular weight excluding hydrogens is 315 g/mol. The molecule has 0 bridgehead atoms. The first-order valence-corrected chi connectivity index (χ1v) is 7.21. The lowest BCUT2D eigenvalue weighted by Crippen LogP contribution is -2.43. The number of aliphatic carboxylic acids is 1. The monoisotopic (exact) mass is 332 g/mol. The normalized spacial score (nSPS) is 12.2. The number of amides is 1. The van der Waals surface area contributed by atoms with Crippen molar-refractivity contribution in [2.24, 2.45) is 0 Å². The Hall–Kier alpha value is -1.30. The largest absolute Gasteiger partial charge is 0.480 e. The Morgan fingerprint density at radius 3 is 2.67 bits per heavy atom. The van der Waals surface area contributed by atoms with Crippen molar-refractivity contribution >= 4 is 35.1 Å². The molecule has 0 fully saturated rings. The van der Waals surface area contributed by atoms with E-state index in [4.69, 9.17) is 28.3 Å². The molecule has 0 aliphatic rings. The number of carboxylic acids is 1. The summed E-state index contributed by atoms with van der Waals surface area (Å²) in [5.41, 5.74) is 0.858. The number of nitrogens with zero attached hydrogens (tertiary/aromatic N) is 1. The number of rotatable bonds is 7. The molecule has 1 aromatic carbocycles. The van der Waals surface area contributed by atoms with Gasteiger partial charge < -0.3 is 10.4 Å². The van der Waals surface area contributed by atoms with Crippen molar-refractivity contribution in [3.05, 3.63) is 33.8 Å². The molecule has 1 aromatic rings. The predicted octanol–water partition coefficient (Wildman–Crippen LogP) is 2.06. The highest BCUT2D eigenvalue weighted by Gasteiger charge is 2.18. The van der Waals surface area contributed by atoms with E-state index in [1.165, 1.54) is 11.8 Å². The maximum atomic E-state index is 11.7. The Morgan fingerprint density at radius 1 is 1.38 bits per heavy atom. The molecule has 5 nitrogen and oxygen atoms in total. The summed E-state index contributed by atoms with van der Waals surface area (Å²) in [4.78, 5) is 24.0. The van der Waals surface area contributed by atoms with Gasteiger partial charge in [-0.2, -0.15) is 0 Å². The van der Waals surface area contributed by atoms with Gasteiger partial charge in [-0.3, -0.25) is 14.5 Å². The van der Waals surface area contributed by atoms with Crippen LogP contribution in [0.3, 0.4) is 0 Å². The Kier molecular flexibility index (Phi) is 6.95.